The minimum Gasteiger partial charge on any atom is -0.331 e. The van der Waals surface area contributed by atoms with Crippen LogP contribution in [0.5, 0.6) is 0 Å². The number of alkyl halides is 3. The first-order valence-electron chi connectivity index (χ1n) is 5.27. The van der Waals surface area contributed by atoms with Crippen LogP contribution < -0.4 is 5.56 Å². The van der Waals surface area contributed by atoms with E-state index in [1.165, 1.54) is 12.1 Å². The van der Waals surface area contributed by atoms with Gasteiger partial charge in [0.05, 0.1) is 11.3 Å². The molecule has 0 atom stereocenters. The quantitative estimate of drug-likeness (QED) is 0.795. The molecule has 0 radical (unpaired) electrons. The lowest BCUT2D eigenvalue weighted by atomic mass is 10.0. The molecule has 0 spiro atoms. The Hall–Kier alpha value is -2.40. The number of hydrogen-bond acceptors (Lipinski definition) is 3. The van der Waals surface area contributed by atoms with Gasteiger partial charge in [-0.05, 0) is 24.4 Å². The molecule has 0 aliphatic rings. The summed E-state index contributed by atoms with van der Waals surface area (Å²) in [6.07, 6.45) is -4.51. The van der Waals surface area contributed by atoms with Crippen LogP contribution in [-0.2, 0) is 6.18 Å². The molecule has 1 aromatic heterocycles. The molecular weight excluding hydrogens is 291 g/mol. The zero-order valence-corrected chi connectivity index (χ0v) is 10.5. The first kappa shape index (κ1) is 14.0. The summed E-state index contributed by atoms with van der Waals surface area (Å²) < 4.78 is 37.9. The normalized spacial score (nSPS) is 11.1. The minimum absolute atomic E-state index is 0.0349. The second-order valence-electron chi connectivity index (χ2n) is 3.85. The summed E-state index contributed by atoms with van der Waals surface area (Å²) in [5, 5.41) is 8.93. The van der Waals surface area contributed by atoms with Gasteiger partial charge in [0, 0.05) is 5.56 Å². The number of aromatic amines is 2. The lowest BCUT2D eigenvalue weighted by Crippen LogP contribution is -2.14. The van der Waals surface area contributed by atoms with Gasteiger partial charge < -0.3 is 4.98 Å². The summed E-state index contributed by atoms with van der Waals surface area (Å²) in [6.45, 7) is 0. The maximum atomic E-state index is 12.7. The van der Waals surface area contributed by atoms with Crippen molar-refractivity contribution in [1.82, 2.24) is 9.97 Å². The van der Waals surface area contributed by atoms with Crippen molar-refractivity contribution in [2.45, 2.75) is 6.18 Å². The third-order valence-electron chi connectivity index (χ3n) is 2.53. The van der Waals surface area contributed by atoms with Gasteiger partial charge in [-0.25, -0.2) is 0 Å². The SMILES string of the molecule is N#Cc1c(-c2cccc(C(F)(F)F)c2)[nH]c(=S)[nH]c1=O. The van der Waals surface area contributed by atoms with E-state index in [0.717, 1.165) is 12.1 Å². The van der Waals surface area contributed by atoms with Crippen LogP contribution in [0.25, 0.3) is 11.3 Å². The zero-order valence-electron chi connectivity index (χ0n) is 9.71. The molecule has 8 heteroatoms. The molecule has 0 amide bonds. The number of hydrogen-bond donors (Lipinski definition) is 2. The molecule has 4 nitrogen and oxygen atoms in total. The van der Waals surface area contributed by atoms with Crippen LogP contribution in [0.4, 0.5) is 13.2 Å². The van der Waals surface area contributed by atoms with E-state index >= 15 is 0 Å². The fourth-order valence-electron chi connectivity index (χ4n) is 1.66. The first-order chi connectivity index (χ1) is 9.32. The van der Waals surface area contributed by atoms with Gasteiger partial charge in [0.15, 0.2) is 4.77 Å². The summed E-state index contributed by atoms with van der Waals surface area (Å²) in [7, 11) is 0. The Morgan fingerprint density at radius 2 is 1.95 bits per heavy atom. The molecule has 0 bridgehead atoms. The van der Waals surface area contributed by atoms with Crippen molar-refractivity contribution in [1.29, 1.82) is 5.26 Å². The molecule has 102 valence electrons. The molecule has 2 rings (SSSR count). The smallest absolute Gasteiger partial charge is 0.331 e. The highest BCUT2D eigenvalue weighted by Gasteiger charge is 2.30. The van der Waals surface area contributed by atoms with E-state index in [4.69, 9.17) is 17.5 Å². The first-order valence-corrected chi connectivity index (χ1v) is 5.68. The molecule has 0 aliphatic heterocycles. The van der Waals surface area contributed by atoms with E-state index in [-0.39, 0.29) is 21.6 Å². The second kappa shape index (κ2) is 4.94. The van der Waals surface area contributed by atoms with Crippen molar-refractivity contribution in [2.24, 2.45) is 0 Å². The maximum absolute atomic E-state index is 12.7. The highest BCUT2D eigenvalue weighted by molar-refractivity contribution is 7.71. The molecule has 0 saturated heterocycles. The standard InChI is InChI=1S/C12H6F3N3OS/c13-12(14,15)7-3-1-2-6(4-7)9-8(5-16)10(19)18-11(20)17-9/h1-4H,(H2,17,18,19,20). The summed E-state index contributed by atoms with van der Waals surface area (Å²) in [6, 6.07) is 5.94. The summed E-state index contributed by atoms with van der Waals surface area (Å²) >= 11 is 4.76. The van der Waals surface area contributed by atoms with Crippen LogP contribution in [0.1, 0.15) is 11.1 Å². The Morgan fingerprint density at radius 3 is 2.55 bits per heavy atom. The van der Waals surface area contributed by atoms with Crippen LogP contribution in [0, 0.1) is 16.1 Å². The van der Waals surface area contributed by atoms with E-state index < -0.39 is 17.3 Å². The summed E-state index contributed by atoms with van der Waals surface area (Å²) in [5.74, 6) is 0. The number of nitrogens with zero attached hydrogens (tertiary/aromatic N) is 1. The van der Waals surface area contributed by atoms with Gasteiger partial charge in [-0.15, -0.1) is 0 Å². The Balaban J connectivity index is 2.73. The molecular formula is C12H6F3N3OS. The van der Waals surface area contributed by atoms with Crippen molar-refractivity contribution in [3.05, 3.63) is 50.5 Å². The van der Waals surface area contributed by atoms with Crippen molar-refractivity contribution in [3.63, 3.8) is 0 Å². The molecule has 2 aromatic rings. The third-order valence-corrected chi connectivity index (χ3v) is 2.74. The largest absolute Gasteiger partial charge is 0.416 e. The summed E-state index contributed by atoms with van der Waals surface area (Å²) in [5.41, 5.74) is -1.92. The number of H-pyrrole nitrogens is 2. The highest BCUT2D eigenvalue weighted by Crippen LogP contribution is 2.31. The van der Waals surface area contributed by atoms with Crippen LogP contribution in [0.3, 0.4) is 0 Å². The Labute approximate surface area is 115 Å². The van der Waals surface area contributed by atoms with Gasteiger partial charge in [-0.3, -0.25) is 9.78 Å². The van der Waals surface area contributed by atoms with Gasteiger partial charge in [0.2, 0.25) is 0 Å². The van der Waals surface area contributed by atoms with Crippen LogP contribution in [0.15, 0.2) is 29.1 Å². The highest BCUT2D eigenvalue weighted by atomic mass is 32.1. The Morgan fingerprint density at radius 1 is 1.25 bits per heavy atom. The molecule has 20 heavy (non-hydrogen) atoms. The van der Waals surface area contributed by atoms with E-state index in [1.54, 1.807) is 6.07 Å². The number of nitriles is 1. The second-order valence-corrected chi connectivity index (χ2v) is 4.26. The number of aromatic nitrogens is 2. The summed E-state index contributed by atoms with van der Waals surface area (Å²) in [4.78, 5) is 16.3. The minimum atomic E-state index is -4.51. The van der Waals surface area contributed by atoms with Crippen molar-refractivity contribution in [3.8, 4) is 17.3 Å². The van der Waals surface area contributed by atoms with Crippen LogP contribution >= 0.6 is 12.2 Å². The van der Waals surface area contributed by atoms with E-state index in [0.29, 0.717) is 0 Å². The maximum Gasteiger partial charge on any atom is 0.416 e. The van der Waals surface area contributed by atoms with Crippen molar-refractivity contribution in [2.75, 3.05) is 0 Å². The number of rotatable bonds is 1. The van der Waals surface area contributed by atoms with Gasteiger partial charge in [-0.1, -0.05) is 12.1 Å². The molecule has 1 heterocycles. The average Bonchev–Trinajstić information content (AvgIpc) is 2.37. The molecule has 0 saturated carbocycles. The molecule has 0 fully saturated rings. The Bertz CT molecular complexity index is 814. The van der Waals surface area contributed by atoms with E-state index in [1.807, 2.05) is 0 Å². The number of halogens is 3. The lowest BCUT2D eigenvalue weighted by Gasteiger charge is -2.09. The van der Waals surface area contributed by atoms with Gasteiger partial charge in [0.25, 0.3) is 5.56 Å². The predicted octanol–water partition coefficient (Wildman–Crippen LogP) is 2.99. The van der Waals surface area contributed by atoms with Gasteiger partial charge >= 0.3 is 6.18 Å². The number of benzene rings is 1. The van der Waals surface area contributed by atoms with Crippen molar-refractivity contribution >= 4 is 12.2 Å². The zero-order chi connectivity index (χ0) is 14.9. The monoisotopic (exact) mass is 297 g/mol. The molecule has 1 aromatic carbocycles. The van der Waals surface area contributed by atoms with Gasteiger partial charge in [0.1, 0.15) is 11.6 Å². The van der Waals surface area contributed by atoms with E-state index in [2.05, 4.69) is 9.97 Å². The van der Waals surface area contributed by atoms with E-state index in [9.17, 15) is 18.0 Å². The van der Waals surface area contributed by atoms with Gasteiger partial charge in [-0.2, -0.15) is 18.4 Å². The fourth-order valence-corrected chi connectivity index (χ4v) is 1.86. The van der Waals surface area contributed by atoms with Crippen LogP contribution in [0.2, 0.25) is 0 Å². The molecule has 2 N–H and O–H groups in total. The molecule has 0 aliphatic carbocycles. The predicted molar refractivity (Wildman–Crippen MR) is 67.4 cm³/mol. The third kappa shape index (κ3) is 2.62. The lowest BCUT2D eigenvalue weighted by molar-refractivity contribution is -0.137. The van der Waals surface area contributed by atoms with Crippen molar-refractivity contribution < 1.29 is 13.2 Å². The fraction of sp³-hybridized carbons (Fsp3) is 0.0833. The topological polar surface area (TPSA) is 72.4 Å². The molecule has 0 unspecified atom stereocenters. The number of nitrogens with one attached hydrogen (secondary N) is 2. The average molecular weight is 297 g/mol. The van der Waals surface area contributed by atoms with Crippen LogP contribution in [-0.4, -0.2) is 9.97 Å². The Kier molecular flexibility index (Phi) is 3.46.